The third-order valence-electron chi connectivity index (χ3n) is 9.24. The number of amides is 2. The number of Topliss-reactive ketones (excluding diaryl/α,β-unsaturated/α-hetero) is 2. The minimum absolute atomic E-state index is 0.0311. The molecule has 3 atom stereocenters. The minimum Gasteiger partial charge on any atom is -0.508 e. The van der Waals surface area contributed by atoms with Gasteiger partial charge in [0.05, 0.1) is 12.1 Å². The van der Waals surface area contributed by atoms with E-state index in [1.165, 1.54) is 12.5 Å². The number of carbonyl (C=O) groups excluding carboxylic acids is 4. The number of likely N-dealkylation sites (tertiary alicyclic amines) is 1. The molecule has 3 aliphatic carbocycles. The summed E-state index contributed by atoms with van der Waals surface area (Å²) in [6.45, 7) is 2.16. The molecule has 2 fully saturated rings. The Kier molecular flexibility index (Phi) is 7.10. The van der Waals surface area contributed by atoms with Crippen molar-refractivity contribution in [1.29, 1.82) is 0 Å². The Labute approximate surface area is 247 Å². The second-order valence-electron chi connectivity index (χ2n) is 11.9. The molecule has 0 unspecified atom stereocenters. The van der Waals surface area contributed by atoms with Crippen molar-refractivity contribution in [2.45, 2.75) is 44.1 Å². The van der Waals surface area contributed by atoms with Crippen LogP contribution in [0.3, 0.4) is 0 Å². The van der Waals surface area contributed by atoms with Gasteiger partial charge in [-0.3, -0.25) is 24.1 Å². The number of aliphatic hydroxyl groups excluding tert-OH is 2. The van der Waals surface area contributed by atoms with E-state index in [0.29, 0.717) is 23.4 Å². The Bertz CT molecular complexity index is 1620. The van der Waals surface area contributed by atoms with E-state index in [-0.39, 0.29) is 42.1 Å². The molecule has 0 radical (unpaired) electrons. The molecule has 4 aliphatic rings. The Morgan fingerprint density at radius 3 is 2.35 bits per heavy atom. The molecule has 224 valence electrons. The van der Waals surface area contributed by atoms with Gasteiger partial charge in [0, 0.05) is 23.6 Å². The first-order valence-corrected chi connectivity index (χ1v) is 14.5. The lowest BCUT2D eigenvalue weighted by atomic mass is 9.59. The standard InChI is InChI=1S/C32H33N3O8/c33-31(42)27-23(37)14-18-12-17-13-21-20(8-9-22(36)26(21)28(39)25(17)29(40)32(18,43)30(27)41)16-4-6-19(7-5-16)34-24(38)15-35-10-2-1-3-11-35/h4-9,17-18,36,39,41,43H,1-3,10-15H2,(H2,33,42)(H,34,38)/t17-,18+,32+/m1/s1. The second kappa shape index (κ2) is 10.7. The molecule has 0 aromatic heterocycles. The van der Waals surface area contributed by atoms with Crippen LogP contribution in [0.1, 0.15) is 43.2 Å². The van der Waals surface area contributed by atoms with Gasteiger partial charge in [-0.15, -0.1) is 0 Å². The number of rotatable bonds is 5. The Morgan fingerprint density at radius 2 is 1.67 bits per heavy atom. The fraction of sp³-hybridized carbons (Fsp3) is 0.375. The monoisotopic (exact) mass is 587 g/mol. The largest absolute Gasteiger partial charge is 0.508 e. The van der Waals surface area contributed by atoms with E-state index in [9.17, 15) is 39.6 Å². The number of carbonyl (C=O) groups is 4. The number of fused-ring (bicyclic) bond motifs is 3. The first-order chi connectivity index (χ1) is 20.5. The number of nitrogens with one attached hydrogen (secondary N) is 1. The van der Waals surface area contributed by atoms with Crippen molar-refractivity contribution in [3.8, 4) is 16.9 Å². The van der Waals surface area contributed by atoms with Crippen molar-refractivity contribution in [2.24, 2.45) is 17.6 Å². The number of phenolic OH excluding ortho intramolecular Hbond substituents is 1. The van der Waals surface area contributed by atoms with Crippen molar-refractivity contribution < 1.29 is 39.6 Å². The van der Waals surface area contributed by atoms with E-state index in [2.05, 4.69) is 10.2 Å². The summed E-state index contributed by atoms with van der Waals surface area (Å²) in [6.07, 6.45) is 3.26. The van der Waals surface area contributed by atoms with E-state index in [0.717, 1.165) is 31.5 Å². The highest BCUT2D eigenvalue weighted by Gasteiger charge is 2.60. The van der Waals surface area contributed by atoms with E-state index in [4.69, 9.17) is 5.73 Å². The van der Waals surface area contributed by atoms with E-state index in [1.54, 1.807) is 18.2 Å². The number of ketones is 2. The zero-order valence-electron chi connectivity index (χ0n) is 23.4. The number of aliphatic hydroxyl groups is 3. The summed E-state index contributed by atoms with van der Waals surface area (Å²) >= 11 is 0. The van der Waals surface area contributed by atoms with E-state index in [1.807, 2.05) is 12.1 Å². The third-order valence-corrected chi connectivity index (χ3v) is 9.24. The predicted octanol–water partition coefficient (Wildman–Crippen LogP) is 2.52. The molecule has 0 bridgehead atoms. The van der Waals surface area contributed by atoms with Crippen LogP contribution < -0.4 is 11.1 Å². The molecule has 1 aliphatic heterocycles. The summed E-state index contributed by atoms with van der Waals surface area (Å²) in [6, 6.07) is 10.3. The third kappa shape index (κ3) is 4.68. The van der Waals surface area contributed by atoms with Crippen LogP contribution >= 0.6 is 0 Å². The Hall–Kier alpha value is -4.48. The van der Waals surface area contributed by atoms with Crippen LogP contribution in [-0.4, -0.2) is 73.9 Å². The summed E-state index contributed by atoms with van der Waals surface area (Å²) in [5.41, 5.74) is 4.31. The van der Waals surface area contributed by atoms with Gasteiger partial charge >= 0.3 is 0 Å². The molecule has 2 aromatic rings. The number of benzene rings is 2. The van der Waals surface area contributed by atoms with Gasteiger partial charge < -0.3 is 31.5 Å². The molecule has 1 heterocycles. The molecule has 1 saturated heterocycles. The van der Waals surface area contributed by atoms with Gasteiger partial charge in [0.2, 0.25) is 11.7 Å². The second-order valence-corrected chi connectivity index (χ2v) is 11.9. The number of hydrogen-bond acceptors (Lipinski definition) is 9. The molecule has 11 nitrogen and oxygen atoms in total. The van der Waals surface area contributed by atoms with Gasteiger partial charge in [0.1, 0.15) is 22.8 Å². The fourth-order valence-electron chi connectivity index (χ4n) is 7.15. The number of nitrogens with zero attached hydrogens (tertiary/aromatic N) is 1. The Morgan fingerprint density at radius 1 is 0.977 bits per heavy atom. The first-order valence-electron chi connectivity index (χ1n) is 14.5. The van der Waals surface area contributed by atoms with Crippen LogP contribution in [-0.2, 0) is 25.6 Å². The molecule has 11 heteroatoms. The van der Waals surface area contributed by atoms with Crippen LogP contribution in [0.2, 0.25) is 0 Å². The lowest BCUT2D eigenvalue weighted by molar-refractivity contribution is -0.147. The molecule has 2 amide bonds. The quantitative estimate of drug-likeness (QED) is 0.285. The highest BCUT2D eigenvalue weighted by Crippen LogP contribution is 2.53. The number of primary amides is 1. The number of piperidine rings is 1. The van der Waals surface area contributed by atoms with Crippen molar-refractivity contribution in [3.05, 3.63) is 64.4 Å². The molecule has 43 heavy (non-hydrogen) atoms. The maximum Gasteiger partial charge on any atom is 0.255 e. The summed E-state index contributed by atoms with van der Waals surface area (Å²) in [5, 5.41) is 47.2. The summed E-state index contributed by atoms with van der Waals surface area (Å²) in [5.74, 6) is -6.72. The van der Waals surface area contributed by atoms with Gasteiger partial charge in [-0.25, -0.2) is 0 Å². The number of phenols is 1. The number of nitrogens with two attached hydrogens (primary N) is 1. The van der Waals surface area contributed by atoms with Crippen LogP contribution in [0.15, 0.2) is 53.3 Å². The SMILES string of the molecule is NC(=O)C1=C(O)[C@@]2(O)C(=O)C3=C(O)c4c(O)ccc(-c5ccc(NC(=O)CN6CCCCC6)cc5)c4C[C@H]3C[C@H]2CC1=O. The van der Waals surface area contributed by atoms with Gasteiger partial charge in [-0.05, 0) is 79.6 Å². The zero-order chi connectivity index (χ0) is 30.6. The molecular weight excluding hydrogens is 554 g/mol. The van der Waals surface area contributed by atoms with Crippen molar-refractivity contribution in [1.82, 2.24) is 4.90 Å². The van der Waals surface area contributed by atoms with E-state index < -0.39 is 52.0 Å². The van der Waals surface area contributed by atoms with Crippen molar-refractivity contribution in [2.75, 3.05) is 25.0 Å². The van der Waals surface area contributed by atoms with Gasteiger partial charge in [-0.1, -0.05) is 24.6 Å². The highest BCUT2D eigenvalue weighted by atomic mass is 16.3. The average Bonchev–Trinajstić information content (AvgIpc) is 2.96. The Balaban J connectivity index is 1.32. The summed E-state index contributed by atoms with van der Waals surface area (Å²) in [7, 11) is 0. The fourth-order valence-corrected chi connectivity index (χ4v) is 7.15. The number of anilines is 1. The minimum atomic E-state index is -2.60. The van der Waals surface area contributed by atoms with Crippen LogP contribution in [0.25, 0.3) is 16.9 Å². The number of aromatic hydroxyl groups is 1. The van der Waals surface area contributed by atoms with Crippen LogP contribution in [0.5, 0.6) is 5.75 Å². The summed E-state index contributed by atoms with van der Waals surface area (Å²) in [4.78, 5) is 52.8. The number of hydrogen-bond donors (Lipinski definition) is 6. The molecular formula is C32H33N3O8. The predicted molar refractivity (Wildman–Crippen MR) is 156 cm³/mol. The zero-order valence-corrected chi connectivity index (χ0v) is 23.4. The van der Waals surface area contributed by atoms with Gasteiger partial charge in [0.15, 0.2) is 11.4 Å². The topological polar surface area (TPSA) is 190 Å². The molecule has 1 saturated carbocycles. The van der Waals surface area contributed by atoms with Crippen molar-refractivity contribution >= 4 is 34.8 Å². The smallest absolute Gasteiger partial charge is 0.255 e. The maximum absolute atomic E-state index is 13.7. The van der Waals surface area contributed by atoms with Crippen molar-refractivity contribution in [3.63, 3.8) is 0 Å². The lowest BCUT2D eigenvalue weighted by Gasteiger charge is -2.46. The van der Waals surface area contributed by atoms with Crippen LogP contribution in [0.4, 0.5) is 5.69 Å². The highest BCUT2D eigenvalue weighted by molar-refractivity contribution is 6.22. The summed E-state index contributed by atoms with van der Waals surface area (Å²) < 4.78 is 0. The normalized spacial score (nSPS) is 25.6. The maximum atomic E-state index is 13.7. The lowest BCUT2D eigenvalue weighted by Crippen LogP contribution is -2.58. The average molecular weight is 588 g/mol. The van der Waals surface area contributed by atoms with Gasteiger partial charge in [0.25, 0.3) is 5.91 Å². The molecule has 2 aromatic carbocycles. The van der Waals surface area contributed by atoms with E-state index >= 15 is 0 Å². The first kappa shape index (κ1) is 28.6. The van der Waals surface area contributed by atoms with Crippen LogP contribution in [0, 0.1) is 11.8 Å². The van der Waals surface area contributed by atoms with Gasteiger partial charge in [-0.2, -0.15) is 0 Å². The molecule has 7 N–H and O–H groups in total. The molecule has 6 rings (SSSR count). The molecule has 0 spiro atoms.